The number of aliphatic hydroxyl groups excluding tert-OH is 1. The minimum absolute atomic E-state index is 0.116. The van der Waals surface area contributed by atoms with Gasteiger partial charge in [-0.1, -0.05) is 25.1 Å². The molecule has 12 nitrogen and oxygen atoms in total. The van der Waals surface area contributed by atoms with E-state index in [1.807, 2.05) is 32.0 Å². The summed E-state index contributed by atoms with van der Waals surface area (Å²) < 4.78 is 23.4. The summed E-state index contributed by atoms with van der Waals surface area (Å²) in [6.07, 6.45) is 1.81. The molecular formula is C37H46N4O8. The third-order valence-electron chi connectivity index (χ3n) is 8.76. The number of rotatable bonds is 7. The summed E-state index contributed by atoms with van der Waals surface area (Å²) >= 11 is 0. The van der Waals surface area contributed by atoms with E-state index in [9.17, 15) is 19.5 Å². The molecule has 49 heavy (non-hydrogen) atoms. The zero-order chi connectivity index (χ0) is 34.9. The van der Waals surface area contributed by atoms with Gasteiger partial charge in [0.15, 0.2) is 11.5 Å². The monoisotopic (exact) mass is 674 g/mol. The Morgan fingerprint density at radius 1 is 0.959 bits per heavy atom. The third-order valence-corrected chi connectivity index (χ3v) is 8.76. The Kier molecular flexibility index (Phi) is 12.0. The van der Waals surface area contributed by atoms with Crippen LogP contribution in [-0.2, 0) is 4.74 Å². The van der Waals surface area contributed by atoms with Crippen molar-refractivity contribution in [3.8, 4) is 17.2 Å². The topological polar surface area (TPSA) is 139 Å². The van der Waals surface area contributed by atoms with Crippen LogP contribution in [0.5, 0.6) is 17.2 Å². The Balaban J connectivity index is 1.38. The molecule has 0 saturated carbocycles. The van der Waals surface area contributed by atoms with Gasteiger partial charge in [-0.25, -0.2) is 4.79 Å². The lowest BCUT2D eigenvalue weighted by Crippen LogP contribution is -2.48. The van der Waals surface area contributed by atoms with E-state index in [1.165, 1.54) is 0 Å². The second-order valence-electron chi connectivity index (χ2n) is 12.7. The van der Waals surface area contributed by atoms with Gasteiger partial charge in [0, 0.05) is 55.7 Å². The van der Waals surface area contributed by atoms with Crippen molar-refractivity contribution in [3.63, 3.8) is 0 Å². The number of hydrogen-bond donors (Lipinski definition) is 3. The molecule has 0 aromatic heterocycles. The number of anilines is 2. The van der Waals surface area contributed by atoms with Crippen LogP contribution in [-0.4, -0.2) is 91.1 Å². The zero-order valence-corrected chi connectivity index (χ0v) is 28.5. The van der Waals surface area contributed by atoms with Gasteiger partial charge in [-0.2, -0.15) is 0 Å². The third kappa shape index (κ3) is 9.21. The lowest BCUT2D eigenvalue weighted by molar-refractivity contribution is -0.0149. The highest BCUT2D eigenvalue weighted by Gasteiger charge is 2.31. The molecule has 3 aromatic carbocycles. The molecule has 0 unspecified atom stereocenters. The van der Waals surface area contributed by atoms with E-state index in [0.29, 0.717) is 47.3 Å². The second-order valence-corrected chi connectivity index (χ2v) is 12.7. The van der Waals surface area contributed by atoms with Crippen molar-refractivity contribution in [2.45, 2.75) is 58.3 Å². The van der Waals surface area contributed by atoms with Crippen molar-refractivity contribution in [1.29, 1.82) is 0 Å². The number of carbonyl (C=O) groups is 3. The average Bonchev–Trinajstić information content (AvgIpc) is 3.57. The number of benzene rings is 3. The quantitative estimate of drug-likeness (QED) is 0.293. The van der Waals surface area contributed by atoms with Crippen molar-refractivity contribution >= 4 is 29.2 Å². The molecule has 0 aliphatic carbocycles. The van der Waals surface area contributed by atoms with Crippen molar-refractivity contribution in [1.82, 2.24) is 9.80 Å². The van der Waals surface area contributed by atoms with Crippen LogP contribution in [0.2, 0.25) is 0 Å². The molecule has 2 aliphatic rings. The molecule has 4 atom stereocenters. The van der Waals surface area contributed by atoms with E-state index in [4.69, 9.17) is 18.9 Å². The van der Waals surface area contributed by atoms with Crippen LogP contribution in [0.25, 0.3) is 0 Å². The van der Waals surface area contributed by atoms with Crippen molar-refractivity contribution in [2.75, 3.05) is 50.8 Å². The summed E-state index contributed by atoms with van der Waals surface area (Å²) in [5, 5.41) is 15.8. The number of carbonyl (C=O) groups excluding carboxylic acids is 3. The largest absolute Gasteiger partial charge is 0.490 e. The minimum Gasteiger partial charge on any atom is -0.490 e. The first-order chi connectivity index (χ1) is 23.6. The maximum Gasteiger partial charge on any atom is 0.323 e. The fourth-order valence-corrected chi connectivity index (χ4v) is 5.88. The first-order valence-corrected chi connectivity index (χ1v) is 16.7. The van der Waals surface area contributed by atoms with Crippen molar-refractivity contribution in [3.05, 3.63) is 77.9 Å². The van der Waals surface area contributed by atoms with Crippen LogP contribution >= 0.6 is 0 Å². The summed E-state index contributed by atoms with van der Waals surface area (Å²) in [5.74, 6) is 0.848. The summed E-state index contributed by atoms with van der Waals surface area (Å²) in [6.45, 7) is 6.64. The molecule has 0 radical (unpaired) electrons. The lowest BCUT2D eigenvalue weighted by Gasteiger charge is -2.36. The number of fused-ring (bicyclic) bond motifs is 2. The number of urea groups is 1. The van der Waals surface area contributed by atoms with Gasteiger partial charge in [-0.05, 0) is 75.6 Å². The van der Waals surface area contributed by atoms with Gasteiger partial charge < -0.3 is 44.5 Å². The smallest absolute Gasteiger partial charge is 0.323 e. The molecule has 262 valence electrons. The van der Waals surface area contributed by atoms with Crippen LogP contribution < -0.4 is 24.8 Å². The Morgan fingerprint density at radius 2 is 1.65 bits per heavy atom. The molecule has 12 heteroatoms. The number of hydrogen-bond acceptors (Lipinski definition) is 8. The fourth-order valence-electron chi connectivity index (χ4n) is 5.88. The summed E-state index contributed by atoms with van der Waals surface area (Å²) in [7, 11) is 1.75. The summed E-state index contributed by atoms with van der Waals surface area (Å²) in [6, 6.07) is 18.1. The van der Waals surface area contributed by atoms with E-state index >= 15 is 0 Å². The van der Waals surface area contributed by atoms with Crippen LogP contribution in [0.1, 0.15) is 60.7 Å². The molecule has 2 heterocycles. The first-order valence-electron chi connectivity index (χ1n) is 16.7. The van der Waals surface area contributed by atoms with Gasteiger partial charge in [0.1, 0.15) is 5.75 Å². The SMILES string of the molecule is C[C@@H]1CCCCO[C@@H](CN(C)C(=O)c2ccccc2)[C@H](C)CN([C@H](C)CO)C(=O)c2cc(NC(=O)Nc3ccc4c(c3)OCO4)ccc2O1. The number of amides is 4. The molecule has 0 spiro atoms. The molecule has 3 N–H and O–H groups in total. The summed E-state index contributed by atoms with van der Waals surface area (Å²) in [4.78, 5) is 43.8. The van der Waals surface area contributed by atoms with E-state index in [2.05, 4.69) is 10.6 Å². The van der Waals surface area contributed by atoms with E-state index in [-0.39, 0.29) is 55.4 Å². The number of aliphatic hydroxyl groups is 1. The number of likely N-dealkylation sites (N-methyl/N-ethyl adjacent to an activating group) is 1. The van der Waals surface area contributed by atoms with Crippen molar-refractivity contribution < 1.29 is 38.4 Å². The Morgan fingerprint density at radius 3 is 2.39 bits per heavy atom. The average molecular weight is 675 g/mol. The molecule has 4 amide bonds. The van der Waals surface area contributed by atoms with Gasteiger partial charge in [0.05, 0.1) is 30.4 Å². The number of ether oxygens (including phenoxy) is 4. The van der Waals surface area contributed by atoms with Crippen molar-refractivity contribution in [2.24, 2.45) is 5.92 Å². The Labute approximate surface area is 287 Å². The Bertz CT molecular complexity index is 1600. The number of nitrogens with zero attached hydrogens (tertiary/aromatic N) is 2. The van der Waals surface area contributed by atoms with Crippen LogP contribution in [0, 0.1) is 5.92 Å². The highest BCUT2D eigenvalue weighted by Crippen LogP contribution is 2.34. The second kappa shape index (κ2) is 16.5. The summed E-state index contributed by atoms with van der Waals surface area (Å²) in [5.41, 5.74) is 1.74. The minimum atomic E-state index is -0.539. The van der Waals surface area contributed by atoms with E-state index < -0.39 is 12.1 Å². The highest BCUT2D eigenvalue weighted by atomic mass is 16.7. The normalized spacial score (nSPS) is 20.3. The van der Waals surface area contributed by atoms with Gasteiger partial charge in [0.25, 0.3) is 11.8 Å². The van der Waals surface area contributed by atoms with Gasteiger partial charge in [-0.15, -0.1) is 0 Å². The molecule has 2 aliphatic heterocycles. The zero-order valence-electron chi connectivity index (χ0n) is 28.5. The lowest BCUT2D eigenvalue weighted by atomic mass is 10.0. The fraction of sp³-hybridized carbons (Fsp3) is 0.432. The van der Waals surface area contributed by atoms with Crippen LogP contribution in [0.4, 0.5) is 16.2 Å². The maximum atomic E-state index is 14.4. The van der Waals surface area contributed by atoms with Crippen LogP contribution in [0.15, 0.2) is 66.7 Å². The van der Waals surface area contributed by atoms with E-state index in [1.54, 1.807) is 72.3 Å². The predicted molar refractivity (Wildman–Crippen MR) is 185 cm³/mol. The molecule has 5 rings (SSSR count). The molecule has 3 aromatic rings. The van der Waals surface area contributed by atoms with Gasteiger partial charge >= 0.3 is 6.03 Å². The molecule has 0 saturated heterocycles. The highest BCUT2D eigenvalue weighted by molar-refractivity contribution is 6.02. The molecule has 0 bridgehead atoms. The van der Waals surface area contributed by atoms with Gasteiger partial charge in [0.2, 0.25) is 6.79 Å². The maximum absolute atomic E-state index is 14.4. The number of nitrogens with one attached hydrogen (secondary N) is 2. The van der Waals surface area contributed by atoms with E-state index in [0.717, 1.165) is 19.3 Å². The predicted octanol–water partition coefficient (Wildman–Crippen LogP) is 5.63. The standard InChI is InChI=1S/C37H46N4O8/c1-24-20-41(25(2)22-42)36(44)30-18-28(38-37(45)39-29-14-16-32-33(19-29)48-23-47-32)13-15-31(30)49-26(3)10-8-9-17-46-34(24)21-40(4)35(43)27-11-6-5-7-12-27/h5-7,11-16,18-19,24-26,34,42H,8-10,17,20-23H2,1-4H3,(H2,38,39,45)/t24-,25-,26-,34+/m1/s1. The van der Waals surface area contributed by atoms with Crippen LogP contribution in [0.3, 0.4) is 0 Å². The first kappa shape index (κ1) is 35.5. The molecule has 0 fully saturated rings. The molecular weight excluding hydrogens is 628 g/mol. The Hall–Kier alpha value is -4.81. The van der Waals surface area contributed by atoms with Gasteiger partial charge in [-0.3, -0.25) is 9.59 Å².